The summed E-state index contributed by atoms with van der Waals surface area (Å²) in [6, 6.07) is 39.1. The molecule has 43 heavy (non-hydrogen) atoms. The molecule has 0 atom stereocenters. The van der Waals surface area contributed by atoms with Crippen LogP contribution in [-0.2, 0) is 0 Å². The molecule has 0 saturated carbocycles. The Labute approximate surface area is 249 Å². The quantitative estimate of drug-likeness (QED) is 0.202. The second-order valence-corrected chi connectivity index (χ2v) is 10.6. The number of aryl methyl sites for hydroxylation is 2. The lowest BCUT2D eigenvalue weighted by atomic mass is 10.1. The Hall–Kier alpha value is -5.62. The van der Waals surface area contributed by atoms with Crippen molar-refractivity contribution in [2.24, 2.45) is 0 Å². The molecule has 7 aromatic rings. The van der Waals surface area contributed by atoms with E-state index in [1.54, 1.807) is 18.2 Å². The Kier molecular flexibility index (Phi) is 6.72. The highest BCUT2D eigenvalue weighted by Crippen LogP contribution is 2.36. The van der Waals surface area contributed by atoms with Gasteiger partial charge in [0.2, 0.25) is 0 Å². The molecule has 6 heteroatoms. The van der Waals surface area contributed by atoms with Crippen LogP contribution in [0.5, 0.6) is 11.5 Å². The third-order valence-corrected chi connectivity index (χ3v) is 7.41. The molecule has 2 N–H and O–H groups in total. The van der Waals surface area contributed by atoms with Gasteiger partial charge in [-0.3, -0.25) is 4.57 Å². The van der Waals surface area contributed by atoms with Crippen molar-refractivity contribution in [3.63, 3.8) is 0 Å². The second-order valence-electron chi connectivity index (χ2n) is 10.6. The minimum Gasteiger partial charge on any atom is -0.457 e. The van der Waals surface area contributed by atoms with Crippen molar-refractivity contribution >= 4 is 44.6 Å². The number of nitrogens with one attached hydrogen (secondary N) is 2. The normalized spacial score (nSPS) is 11.1. The van der Waals surface area contributed by atoms with Gasteiger partial charge in [0.25, 0.3) is 0 Å². The summed E-state index contributed by atoms with van der Waals surface area (Å²) in [7, 11) is 0. The third-order valence-electron chi connectivity index (χ3n) is 7.41. The third kappa shape index (κ3) is 5.26. The summed E-state index contributed by atoms with van der Waals surface area (Å²) in [4.78, 5) is 4.69. The first-order valence-corrected chi connectivity index (χ1v) is 14.2. The van der Waals surface area contributed by atoms with E-state index in [9.17, 15) is 4.39 Å². The molecule has 0 radical (unpaired) electrons. The maximum atomic E-state index is 14.3. The smallest absolute Gasteiger partial charge is 0.146 e. The fraction of sp³-hybridized carbons (Fsp3) is 0.0541. The van der Waals surface area contributed by atoms with Crippen molar-refractivity contribution in [1.29, 1.82) is 0 Å². The van der Waals surface area contributed by atoms with Gasteiger partial charge < -0.3 is 15.4 Å². The standard InChI is InChI=1S/C37H29FN4O/c1-24-17-18-39-37(21-24)42-35-14-8-3-9-29(35)30-16-15-27(23-36(30)42)43-28-20-25(2)19-26(22-28)40-33-12-6-7-13-34(33)41-32-11-5-4-10-31(32)38/h3-23,40-41H,1-2H3. The highest BCUT2D eigenvalue weighted by atomic mass is 19.1. The van der Waals surface area contributed by atoms with Crippen LogP contribution >= 0.6 is 0 Å². The van der Waals surface area contributed by atoms with Crippen LogP contribution in [0.2, 0.25) is 0 Å². The molecule has 5 aromatic carbocycles. The molecule has 0 aliphatic rings. The van der Waals surface area contributed by atoms with E-state index >= 15 is 0 Å². The van der Waals surface area contributed by atoms with E-state index in [2.05, 4.69) is 75.6 Å². The molecule has 0 saturated heterocycles. The van der Waals surface area contributed by atoms with Gasteiger partial charge in [-0.25, -0.2) is 9.37 Å². The molecule has 5 nitrogen and oxygen atoms in total. The summed E-state index contributed by atoms with van der Waals surface area (Å²) in [5.74, 6) is 1.99. The number of pyridine rings is 1. The number of hydrogen-bond donors (Lipinski definition) is 2. The topological polar surface area (TPSA) is 51.1 Å². The first-order chi connectivity index (χ1) is 21.0. The van der Waals surface area contributed by atoms with Crippen LogP contribution in [-0.4, -0.2) is 9.55 Å². The number of para-hydroxylation sites is 4. The van der Waals surface area contributed by atoms with Crippen molar-refractivity contribution in [1.82, 2.24) is 9.55 Å². The molecule has 2 aromatic heterocycles. The molecule has 2 heterocycles. The average molecular weight is 565 g/mol. The fourth-order valence-corrected chi connectivity index (χ4v) is 5.48. The zero-order valence-electron chi connectivity index (χ0n) is 23.8. The number of aromatic nitrogens is 2. The molecule has 0 fully saturated rings. The van der Waals surface area contributed by atoms with Crippen LogP contribution < -0.4 is 15.4 Å². The van der Waals surface area contributed by atoms with E-state index in [1.807, 2.05) is 61.7 Å². The lowest BCUT2D eigenvalue weighted by molar-refractivity contribution is 0.483. The highest BCUT2D eigenvalue weighted by Gasteiger charge is 2.15. The molecular weight excluding hydrogens is 535 g/mol. The van der Waals surface area contributed by atoms with E-state index in [-0.39, 0.29) is 5.82 Å². The SMILES string of the molecule is Cc1cc(Nc2ccccc2Nc2ccccc2F)cc(Oc2ccc3c4ccccc4n(-c4cc(C)ccn4)c3c2)c1. The minimum absolute atomic E-state index is 0.308. The van der Waals surface area contributed by atoms with Crippen molar-refractivity contribution in [3.05, 3.63) is 144 Å². The van der Waals surface area contributed by atoms with Gasteiger partial charge in [-0.2, -0.15) is 0 Å². The fourth-order valence-electron chi connectivity index (χ4n) is 5.48. The van der Waals surface area contributed by atoms with Crippen LogP contribution in [0.25, 0.3) is 27.6 Å². The van der Waals surface area contributed by atoms with Gasteiger partial charge in [-0.05, 0) is 91.7 Å². The Balaban J connectivity index is 1.22. The average Bonchev–Trinajstić information content (AvgIpc) is 3.32. The number of fused-ring (bicyclic) bond motifs is 3. The Morgan fingerprint density at radius 2 is 1.33 bits per heavy atom. The lowest BCUT2D eigenvalue weighted by Gasteiger charge is -2.16. The molecular formula is C37H29FN4O. The van der Waals surface area contributed by atoms with Gasteiger partial charge in [0, 0.05) is 34.8 Å². The molecule has 210 valence electrons. The summed E-state index contributed by atoms with van der Waals surface area (Å²) < 4.78 is 23.0. The second kappa shape index (κ2) is 11.0. The predicted octanol–water partition coefficient (Wildman–Crippen LogP) is 10.2. The Morgan fingerprint density at radius 3 is 2.14 bits per heavy atom. The molecule has 0 amide bonds. The van der Waals surface area contributed by atoms with Gasteiger partial charge in [-0.1, -0.05) is 42.5 Å². The predicted molar refractivity (Wildman–Crippen MR) is 174 cm³/mol. The Bertz CT molecular complexity index is 2120. The molecule has 0 aliphatic heterocycles. The number of rotatable bonds is 7. The summed E-state index contributed by atoms with van der Waals surface area (Å²) in [5.41, 5.74) is 7.16. The van der Waals surface area contributed by atoms with Gasteiger partial charge in [0.05, 0.1) is 28.1 Å². The molecule has 0 unspecified atom stereocenters. The number of nitrogens with zero attached hydrogens (tertiary/aromatic N) is 2. The van der Waals surface area contributed by atoms with Gasteiger partial charge in [-0.15, -0.1) is 0 Å². The van der Waals surface area contributed by atoms with Crippen molar-refractivity contribution < 1.29 is 9.13 Å². The van der Waals surface area contributed by atoms with Gasteiger partial charge >= 0.3 is 0 Å². The number of ether oxygens (including phenoxy) is 1. The summed E-state index contributed by atoms with van der Waals surface area (Å²) in [6.07, 6.45) is 1.84. The summed E-state index contributed by atoms with van der Waals surface area (Å²) >= 11 is 0. The van der Waals surface area contributed by atoms with E-state index < -0.39 is 0 Å². The van der Waals surface area contributed by atoms with Crippen LogP contribution in [0.15, 0.2) is 128 Å². The summed E-state index contributed by atoms with van der Waals surface area (Å²) in [5, 5.41) is 8.99. The number of hydrogen-bond acceptors (Lipinski definition) is 4. The molecule has 0 aliphatic carbocycles. The van der Waals surface area contributed by atoms with Crippen LogP contribution in [0.4, 0.5) is 27.1 Å². The zero-order chi connectivity index (χ0) is 29.3. The largest absolute Gasteiger partial charge is 0.457 e. The maximum Gasteiger partial charge on any atom is 0.146 e. The number of halogens is 1. The van der Waals surface area contributed by atoms with Crippen LogP contribution in [0.1, 0.15) is 11.1 Å². The van der Waals surface area contributed by atoms with Crippen molar-refractivity contribution in [2.75, 3.05) is 10.6 Å². The maximum absolute atomic E-state index is 14.3. The van der Waals surface area contributed by atoms with Crippen molar-refractivity contribution in [3.8, 4) is 17.3 Å². The van der Waals surface area contributed by atoms with Gasteiger partial charge in [0.1, 0.15) is 23.1 Å². The van der Waals surface area contributed by atoms with Gasteiger partial charge in [0.15, 0.2) is 0 Å². The molecule has 0 bridgehead atoms. The van der Waals surface area contributed by atoms with E-state index in [1.165, 1.54) is 6.07 Å². The van der Waals surface area contributed by atoms with Crippen LogP contribution in [0.3, 0.4) is 0 Å². The summed E-state index contributed by atoms with van der Waals surface area (Å²) in [6.45, 7) is 4.11. The van der Waals surface area contributed by atoms with Crippen LogP contribution in [0, 0.1) is 19.7 Å². The zero-order valence-corrected chi connectivity index (χ0v) is 23.8. The minimum atomic E-state index is -0.308. The monoisotopic (exact) mass is 564 g/mol. The number of anilines is 4. The lowest BCUT2D eigenvalue weighted by Crippen LogP contribution is -1.99. The molecule has 7 rings (SSSR count). The van der Waals surface area contributed by atoms with E-state index in [4.69, 9.17) is 4.74 Å². The molecule has 0 spiro atoms. The van der Waals surface area contributed by atoms with E-state index in [0.29, 0.717) is 11.4 Å². The number of benzene rings is 5. The Morgan fingerprint density at radius 1 is 0.605 bits per heavy atom. The van der Waals surface area contributed by atoms with Crippen molar-refractivity contribution in [2.45, 2.75) is 13.8 Å². The first-order valence-electron chi connectivity index (χ1n) is 14.2. The van der Waals surface area contributed by atoms with E-state index in [0.717, 1.165) is 61.6 Å². The first kappa shape index (κ1) is 26.3. The highest BCUT2D eigenvalue weighted by molar-refractivity contribution is 6.09.